The van der Waals surface area contributed by atoms with E-state index < -0.39 is 11.9 Å². The zero-order valence-corrected chi connectivity index (χ0v) is 14.9. The maximum atomic E-state index is 12.1. The number of carbonyl (C=O) groups is 3. The van der Waals surface area contributed by atoms with Gasteiger partial charge in [0.25, 0.3) is 11.8 Å². The molecule has 2 aromatic carbocycles. The predicted octanol–water partition coefficient (Wildman–Crippen LogP) is 3.26. The van der Waals surface area contributed by atoms with Crippen LogP contribution in [-0.4, -0.2) is 24.3 Å². The van der Waals surface area contributed by atoms with Crippen molar-refractivity contribution in [3.8, 4) is 5.75 Å². The van der Waals surface area contributed by atoms with Gasteiger partial charge in [-0.2, -0.15) is 0 Å². The van der Waals surface area contributed by atoms with E-state index in [0.29, 0.717) is 17.0 Å². The van der Waals surface area contributed by atoms with Gasteiger partial charge in [-0.15, -0.1) is 0 Å². The van der Waals surface area contributed by atoms with Crippen molar-refractivity contribution in [3.63, 3.8) is 0 Å². The molecular formula is C21H18N2O5. The minimum atomic E-state index is -0.485. The Kier molecular flexibility index (Phi) is 6.20. The van der Waals surface area contributed by atoms with E-state index >= 15 is 0 Å². The lowest BCUT2D eigenvalue weighted by atomic mass is 10.2. The number of ether oxygens (including phenoxy) is 1. The molecule has 0 unspecified atom stereocenters. The Hall–Kier alpha value is -3.87. The molecule has 7 nitrogen and oxygen atoms in total. The number of benzene rings is 2. The molecule has 3 aromatic rings. The van der Waals surface area contributed by atoms with Gasteiger partial charge in [0.1, 0.15) is 5.75 Å². The van der Waals surface area contributed by atoms with E-state index in [0.717, 1.165) is 0 Å². The number of anilines is 1. The minimum absolute atomic E-state index is 0.0128. The predicted molar refractivity (Wildman–Crippen MR) is 102 cm³/mol. The van der Waals surface area contributed by atoms with Gasteiger partial charge in [-0.05, 0) is 48.5 Å². The third kappa shape index (κ3) is 5.31. The molecule has 0 saturated carbocycles. The monoisotopic (exact) mass is 378 g/mol. The molecule has 0 aliphatic carbocycles. The van der Waals surface area contributed by atoms with Gasteiger partial charge in [0, 0.05) is 17.8 Å². The number of furan rings is 1. The zero-order valence-electron chi connectivity index (χ0n) is 14.9. The number of esters is 1. The summed E-state index contributed by atoms with van der Waals surface area (Å²) in [5.74, 6) is -0.573. The Labute approximate surface area is 161 Å². The lowest BCUT2D eigenvalue weighted by molar-refractivity contribution is -0.134. The number of nitrogens with one attached hydrogen (secondary N) is 2. The van der Waals surface area contributed by atoms with Gasteiger partial charge in [-0.1, -0.05) is 18.2 Å². The number of hydrogen-bond acceptors (Lipinski definition) is 5. The highest BCUT2D eigenvalue weighted by molar-refractivity contribution is 6.04. The first-order valence-electron chi connectivity index (χ1n) is 8.60. The van der Waals surface area contributed by atoms with Crippen LogP contribution in [0.5, 0.6) is 5.75 Å². The molecule has 0 radical (unpaired) electrons. The molecule has 2 N–H and O–H groups in total. The zero-order chi connectivity index (χ0) is 19.8. The van der Waals surface area contributed by atoms with Gasteiger partial charge in [0.2, 0.25) is 0 Å². The second-order valence-electron chi connectivity index (χ2n) is 5.80. The van der Waals surface area contributed by atoms with Crippen LogP contribution < -0.4 is 15.4 Å². The van der Waals surface area contributed by atoms with Crippen LogP contribution >= 0.6 is 0 Å². The summed E-state index contributed by atoms with van der Waals surface area (Å²) in [5, 5.41) is 5.33. The van der Waals surface area contributed by atoms with E-state index in [9.17, 15) is 14.4 Å². The normalized spacial score (nSPS) is 10.1. The van der Waals surface area contributed by atoms with Gasteiger partial charge < -0.3 is 19.8 Å². The van der Waals surface area contributed by atoms with Crippen molar-refractivity contribution < 1.29 is 23.5 Å². The highest BCUT2D eigenvalue weighted by Gasteiger charge is 2.10. The largest absolute Gasteiger partial charge is 0.459 e. The van der Waals surface area contributed by atoms with Crippen molar-refractivity contribution >= 4 is 23.5 Å². The first-order valence-corrected chi connectivity index (χ1v) is 8.60. The Morgan fingerprint density at radius 2 is 1.61 bits per heavy atom. The first kappa shape index (κ1) is 18.9. The molecule has 0 fully saturated rings. The SMILES string of the molecule is O=C(CCNC(=O)c1ccco1)Oc1ccc(NC(=O)c2ccccc2)cc1. The third-order valence-electron chi connectivity index (χ3n) is 3.74. The van der Waals surface area contributed by atoms with Gasteiger partial charge in [0.15, 0.2) is 5.76 Å². The van der Waals surface area contributed by atoms with Gasteiger partial charge in [0.05, 0.1) is 12.7 Å². The lowest BCUT2D eigenvalue weighted by Crippen LogP contribution is -2.26. The molecule has 142 valence electrons. The van der Waals surface area contributed by atoms with Crippen molar-refractivity contribution in [2.24, 2.45) is 0 Å². The van der Waals surface area contributed by atoms with Crippen molar-refractivity contribution in [3.05, 3.63) is 84.3 Å². The summed E-state index contributed by atoms with van der Waals surface area (Å²) in [4.78, 5) is 35.6. The lowest BCUT2D eigenvalue weighted by Gasteiger charge is -2.08. The third-order valence-corrected chi connectivity index (χ3v) is 3.74. The highest BCUT2D eigenvalue weighted by atomic mass is 16.5. The summed E-state index contributed by atoms with van der Waals surface area (Å²) in [5.41, 5.74) is 1.13. The maximum absolute atomic E-state index is 12.1. The minimum Gasteiger partial charge on any atom is -0.459 e. The Bertz CT molecular complexity index is 935. The van der Waals surface area contributed by atoms with Crippen LogP contribution in [0.2, 0.25) is 0 Å². The summed E-state index contributed by atoms with van der Waals surface area (Å²) >= 11 is 0. The average molecular weight is 378 g/mol. The van der Waals surface area contributed by atoms with Crippen LogP contribution in [0, 0.1) is 0 Å². The summed E-state index contributed by atoms with van der Waals surface area (Å²) < 4.78 is 10.2. The molecule has 7 heteroatoms. The molecule has 3 rings (SSSR count). The molecule has 1 aromatic heterocycles. The number of carbonyl (C=O) groups excluding carboxylic acids is 3. The van der Waals surface area contributed by atoms with Crippen LogP contribution in [0.25, 0.3) is 0 Å². The van der Waals surface area contributed by atoms with E-state index in [4.69, 9.17) is 9.15 Å². The highest BCUT2D eigenvalue weighted by Crippen LogP contribution is 2.17. The Morgan fingerprint density at radius 1 is 0.857 bits per heavy atom. The maximum Gasteiger partial charge on any atom is 0.312 e. The summed E-state index contributed by atoms with van der Waals surface area (Å²) in [6, 6.07) is 18.4. The van der Waals surface area contributed by atoms with Crippen LogP contribution in [0.1, 0.15) is 27.3 Å². The molecule has 28 heavy (non-hydrogen) atoms. The van der Waals surface area contributed by atoms with Gasteiger partial charge >= 0.3 is 5.97 Å². The van der Waals surface area contributed by atoms with Crippen molar-refractivity contribution in [1.82, 2.24) is 5.32 Å². The van der Waals surface area contributed by atoms with E-state index in [1.54, 1.807) is 54.6 Å². The second-order valence-corrected chi connectivity index (χ2v) is 5.80. The summed E-state index contributed by atoms with van der Waals surface area (Å²) in [6.45, 7) is 0.129. The fourth-order valence-corrected chi connectivity index (χ4v) is 2.35. The van der Waals surface area contributed by atoms with Crippen LogP contribution in [0.4, 0.5) is 5.69 Å². The summed E-state index contributed by atoms with van der Waals surface area (Å²) in [6.07, 6.45) is 1.41. The van der Waals surface area contributed by atoms with Crippen LogP contribution in [0.15, 0.2) is 77.4 Å². The molecule has 0 atom stereocenters. The number of amides is 2. The van der Waals surface area contributed by atoms with Crippen molar-refractivity contribution in [2.45, 2.75) is 6.42 Å². The molecule has 2 amide bonds. The molecule has 1 heterocycles. The average Bonchev–Trinajstić information content (AvgIpc) is 3.25. The van der Waals surface area contributed by atoms with E-state index in [1.165, 1.54) is 12.3 Å². The molecular weight excluding hydrogens is 360 g/mol. The molecule has 0 saturated heterocycles. The molecule has 0 aliphatic heterocycles. The molecule has 0 bridgehead atoms. The fourth-order valence-electron chi connectivity index (χ4n) is 2.35. The number of hydrogen-bond donors (Lipinski definition) is 2. The van der Waals surface area contributed by atoms with Crippen molar-refractivity contribution in [1.29, 1.82) is 0 Å². The summed E-state index contributed by atoms with van der Waals surface area (Å²) in [7, 11) is 0. The smallest absolute Gasteiger partial charge is 0.312 e. The van der Waals surface area contributed by atoms with E-state index in [1.807, 2.05) is 6.07 Å². The second kappa shape index (κ2) is 9.18. The van der Waals surface area contributed by atoms with Gasteiger partial charge in [-0.25, -0.2) is 0 Å². The topological polar surface area (TPSA) is 97.6 Å². The van der Waals surface area contributed by atoms with Crippen molar-refractivity contribution in [2.75, 3.05) is 11.9 Å². The van der Waals surface area contributed by atoms with Crippen LogP contribution in [-0.2, 0) is 4.79 Å². The fraction of sp³-hybridized carbons (Fsp3) is 0.0952. The number of rotatable bonds is 7. The van der Waals surface area contributed by atoms with Crippen LogP contribution in [0.3, 0.4) is 0 Å². The van der Waals surface area contributed by atoms with E-state index in [2.05, 4.69) is 10.6 Å². The quantitative estimate of drug-likeness (QED) is 0.486. The van der Waals surface area contributed by atoms with E-state index in [-0.39, 0.29) is 24.6 Å². The molecule has 0 aliphatic rings. The Morgan fingerprint density at radius 3 is 2.29 bits per heavy atom. The standard InChI is InChI=1S/C21H18N2O5/c24-19(12-13-22-21(26)18-7-4-14-27-18)28-17-10-8-16(9-11-17)23-20(25)15-5-2-1-3-6-15/h1-11,14H,12-13H2,(H,22,26)(H,23,25). The first-order chi connectivity index (χ1) is 13.6. The van der Waals surface area contributed by atoms with Gasteiger partial charge in [-0.3, -0.25) is 14.4 Å². The molecule has 0 spiro atoms. The Balaban J connectivity index is 1.44.